The molecule has 1 aliphatic heterocycles. The van der Waals surface area contributed by atoms with Crippen LogP contribution >= 0.6 is 11.6 Å². The molecule has 0 saturated heterocycles. The zero-order chi connectivity index (χ0) is 9.97. The lowest BCUT2D eigenvalue weighted by Crippen LogP contribution is -2.27. The van der Waals surface area contributed by atoms with Crippen LogP contribution in [0.15, 0.2) is 29.3 Å². The summed E-state index contributed by atoms with van der Waals surface area (Å²) in [7, 11) is 0. The fourth-order valence-corrected chi connectivity index (χ4v) is 1.53. The van der Waals surface area contributed by atoms with Crippen LogP contribution in [0, 0.1) is 0 Å². The minimum Gasteiger partial charge on any atom is -0.386 e. The van der Waals surface area contributed by atoms with Crippen LogP contribution in [-0.2, 0) is 4.74 Å². The molecule has 0 bridgehead atoms. The standard InChI is InChI=1S/C10H11ClN2O/c11-8-3-1-7(2-4-8)9-5-14-6-10(12)13-9/h1-4,9H,5-6H2,(H2,12,13). The van der Waals surface area contributed by atoms with E-state index < -0.39 is 0 Å². The molecule has 0 saturated carbocycles. The van der Waals surface area contributed by atoms with Crippen molar-refractivity contribution in [2.45, 2.75) is 6.04 Å². The molecular formula is C10H11ClN2O. The Labute approximate surface area is 87.5 Å². The van der Waals surface area contributed by atoms with Gasteiger partial charge in [0.25, 0.3) is 0 Å². The van der Waals surface area contributed by atoms with Crippen LogP contribution in [0.5, 0.6) is 0 Å². The minimum absolute atomic E-state index is 0.0148. The third kappa shape index (κ3) is 2.05. The summed E-state index contributed by atoms with van der Waals surface area (Å²) >= 11 is 5.79. The van der Waals surface area contributed by atoms with Crippen LogP contribution in [0.2, 0.25) is 5.02 Å². The van der Waals surface area contributed by atoms with Gasteiger partial charge in [-0.3, -0.25) is 4.99 Å². The minimum atomic E-state index is 0.0148. The van der Waals surface area contributed by atoms with Crippen LogP contribution in [0.1, 0.15) is 11.6 Å². The molecule has 2 rings (SSSR count). The predicted molar refractivity (Wildman–Crippen MR) is 56.6 cm³/mol. The lowest BCUT2D eigenvalue weighted by Gasteiger charge is -2.19. The third-order valence-electron chi connectivity index (χ3n) is 2.10. The second-order valence-corrected chi connectivity index (χ2v) is 3.64. The van der Waals surface area contributed by atoms with Gasteiger partial charge < -0.3 is 10.5 Å². The molecule has 14 heavy (non-hydrogen) atoms. The third-order valence-corrected chi connectivity index (χ3v) is 2.35. The van der Waals surface area contributed by atoms with Crippen LogP contribution in [0.4, 0.5) is 0 Å². The fraction of sp³-hybridized carbons (Fsp3) is 0.300. The average Bonchev–Trinajstić information content (AvgIpc) is 2.19. The van der Waals surface area contributed by atoms with E-state index in [0.717, 1.165) is 10.6 Å². The molecule has 1 atom stereocenters. The maximum atomic E-state index is 5.79. The highest BCUT2D eigenvalue weighted by atomic mass is 35.5. The number of hydrogen-bond donors (Lipinski definition) is 1. The number of benzene rings is 1. The molecule has 1 aromatic carbocycles. The average molecular weight is 211 g/mol. The van der Waals surface area contributed by atoms with Crippen molar-refractivity contribution in [3.05, 3.63) is 34.9 Å². The monoisotopic (exact) mass is 210 g/mol. The van der Waals surface area contributed by atoms with Gasteiger partial charge in [0.1, 0.15) is 18.5 Å². The SMILES string of the molecule is NC1=NC(c2ccc(Cl)cc2)COC1. The number of rotatable bonds is 1. The normalized spacial score (nSPS) is 21.8. The van der Waals surface area contributed by atoms with Crippen molar-refractivity contribution in [2.24, 2.45) is 10.7 Å². The number of aliphatic imine (C=N–C) groups is 1. The first-order valence-corrected chi connectivity index (χ1v) is 4.79. The zero-order valence-corrected chi connectivity index (χ0v) is 8.37. The summed E-state index contributed by atoms with van der Waals surface area (Å²) in [5, 5.41) is 0.724. The van der Waals surface area contributed by atoms with E-state index in [1.54, 1.807) is 0 Å². The van der Waals surface area contributed by atoms with Gasteiger partial charge in [-0.15, -0.1) is 0 Å². The number of nitrogens with two attached hydrogens (primary N) is 1. The van der Waals surface area contributed by atoms with Crippen molar-refractivity contribution in [2.75, 3.05) is 13.2 Å². The van der Waals surface area contributed by atoms with Crippen LogP contribution in [0.3, 0.4) is 0 Å². The molecule has 0 spiro atoms. The Morgan fingerprint density at radius 3 is 2.71 bits per heavy atom. The number of amidine groups is 1. The van der Waals surface area contributed by atoms with Gasteiger partial charge in [-0.1, -0.05) is 23.7 Å². The maximum absolute atomic E-state index is 5.79. The first kappa shape index (κ1) is 9.49. The Balaban J connectivity index is 2.22. The van der Waals surface area contributed by atoms with Crippen molar-refractivity contribution in [1.82, 2.24) is 0 Å². The van der Waals surface area contributed by atoms with E-state index in [1.807, 2.05) is 24.3 Å². The second-order valence-electron chi connectivity index (χ2n) is 3.20. The quantitative estimate of drug-likeness (QED) is 0.768. The molecule has 1 aromatic rings. The van der Waals surface area contributed by atoms with E-state index in [9.17, 15) is 0 Å². The predicted octanol–water partition coefficient (Wildman–Crippen LogP) is 1.77. The summed E-state index contributed by atoms with van der Waals surface area (Å²) < 4.78 is 5.29. The number of hydrogen-bond acceptors (Lipinski definition) is 3. The molecule has 0 fully saturated rings. The van der Waals surface area contributed by atoms with E-state index >= 15 is 0 Å². The van der Waals surface area contributed by atoms with E-state index in [0.29, 0.717) is 19.0 Å². The highest BCUT2D eigenvalue weighted by molar-refractivity contribution is 6.30. The van der Waals surface area contributed by atoms with Crippen molar-refractivity contribution < 1.29 is 4.74 Å². The van der Waals surface area contributed by atoms with Gasteiger partial charge >= 0.3 is 0 Å². The first-order valence-electron chi connectivity index (χ1n) is 4.41. The zero-order valence-electron chi connectivity index (χ0n) is 7.61. The van der Waals surface area contributed by atoms with E-state index in [4.69, 9.17) is 22.1 Å². The summed E-state index contributed by atoms with van der Waals surface area (Å²) in [6.07, 6.45) is 0. The molecule has 1 aliphatic rings. The summed E-state index contributed by atoms with van der Waals surface area (Å²) in [5.74, 6) is 0.552. The van der Waals surface area contributed by atoms with E-state index in [-0.39, 0.29) is 6.04 Å². The van der Waals surface area contributed by atoms with Crippen molar-refractivity contribution >= 4 is 17.4 Å². The van der Waals surface area contributed by atoms with Gasteiger partial charge in [-0.25, -0.2) is 0 Å². The van der Waals surface area contributed by atoms with Crippen LogP contribution in [0.25, 0.3) is 0 Å². The van der Waals surface area contributed by atoms with Crippen molar-refractivity contribution in [1.29, 1.82) is 0 Å². The summed E-state index contributed by atoms with van der Waals surface area (Å²) in [5.41, 5.74) is 6.67. The number of nitrogens with zero attached hydrogens (tertiary/aromatic N) is 1. The molecule has 0 aromatic heterocycles. The molecule has 74 valence electrons. The smallest absolute Gasteiger partial charge is 0.121 e. The second kappa shape index (κ2) is 3.98. The highest BCUT2D eigenvalue weighted by Gasteiger charge is 2.15. The molecule has 2 N–H and O–H groups in total. The molecule has 1 heterocycles. The number of halogens is 1. The van der Waals surface area contributed by atoms with Gasteiger partial charge in [0, 0.05) is 5.02 Å². The Bertz CT molecular complexity index is 348. The number of ether oxygens (including phenoxy) is 1. The van der Waals surface area contributed by atoms with E-state index in [2.05, 4.69) is 4.99 Å². The van der Waals surface area contributed by atoms with Crippen molar-refractivity contribution in [3.63, 3.8) is 0 Å². The summed E-state index contributed by atoms with van der Waals surface area (Å²) in [6, 6.07) is 7.59. The Morgan fingerprint density at radius 1 is 1.36 bits per heavy atom. The van der Waals surface area contributed by atoms with Gasteiger partial charge in [0.05, 0.1) is 6.61 Å². The van der Waals surface area contributed by atoms with Crippen molar-refractivity contribution in [3.8, 4) is 0 Å². The highest BCUT2D eigenvalue weighted by Crippen LogP contribution is 2.21. The van der Waals surface area contributed by atoms with Gasteiger partial charge in [0.15, 0.2) is 0 Å². The molecular weight excluding hydrogens is 200 g/mol. The Morgan fingerprint density at radius 2 is 2.07 bits per heavy atom. The lowest BCUT2D eigenvalue weighted by atomic mass is 10.1. The molecule has 0 amide bonds. The molecule has 0 aliphatic carbocycles. The Kier molecular flexibility index (Phi) is 2.70. The van der Waals surface area contributed by atoms with Crippen LogP contribution < -0.4 is 5.73 Å². The Hall–Kier alpha value is -1.06. The molecule has 3 nitrogen and oxygen atoms in total. The molecule has 4 heteroatoms. The lowest BCUT2D eigenvalue weighted by molar-refractivity contribution is 0.143. The van der Waals surface area contributed by atoms with Gasteiger partial charge in [0.2, 0.25) is 0 Å². The molecule has 0 radical (unpaired) electrons. The van der Waals surface area contributed by atoms with Gasteiger partial charge in [-0.05, 0) is 17.7 Å². The van der Waals surface area contributed by atoms with E-state index in [1.165, 1.54) is 0 Å². The fourth-order valence-electron chi connectivity index (χ4n) is 1.41. The van der Waals surface area contributed by atoms with Crippen LogP contribution in [-0.4, -0.2) is 19.0 Å². The van der Waals surface area contributed by atoms with Gasteiger partial charge in [-0.2, -0.15) is 0 Å². The summed E-state index contributed by atoms with van der Waals surface area (Å²) in [4.78, 5) is 4.31. The topological polar surface area (TPSA) is 47.6 Å². The maximum Gasteiger partial charge on any atom is 0.121 e. The summed E-state index contributed by atoms with van der Waals surface area (Å²) in [6.45, 7) is 1.02. The first-order chi connectivity index (χ1) is 6.75. The largest absolute Gasteiger partial charge is 0.386 e. The molecule has 1 unspecified atom stereocenters.